The normalized spacial score (nSPS) is 11.5. The van der Waals surface area contributed by atoms with Crippen LogP contribution in [0.4, 0.5) is 11.4 Å². The molecule has 0 saturated carbocycles. The highest BCUT2D eigenvalue weighted by Gasteiger charge is 2.18. The van der Waals surface area contributed by atoms with Gasteiger partial charge >= 0.3 is 0 Å². The summed E-state index contributed by atoms with van der Waals surface area (Å²) in [6, 6.07) is 3.04. The van der Waals surface area contributed by atoms with Crippen LogP contribution in [0.1, 0.15) is 5.56 Å². The van der Waals surface area contributed by atoms with Gasteiger partial charge in [-0.25, -0.2) is 5.48 Å². The summed E-state index contributed by atoms with van der Waals surface area (Å²) in [7, 11) is 0. The molecule has 4 N–H and O–H groups in total. The standard InChI is InChI=1S/C8H8N6O5/c9-8(12-15)11-10-4-5-1-2-6(13(16)17)3-7(5)14(18)19/h1-4,15H,(H3,9,11,12)/b10-4+. The third-order valence-electron chi connectivity index (χ3n) is 1.90. The predicted molar refractivity (Wildman–Crippen MR) is 63.9 cm³/mol. The van der Waals surface area contributed by atoms with Crippen molar-refractivity contribution in [2.24, 2.45) is 15.9 Å². The Labute approximate surface area is 105 Å². The first-order valence-electron chi connectivity index (χ1n) is 4.65. The van der Waals surface area contributed by atoms with Crippen LogP contribution in [0, 0.1) is 20.2 Å². The number of nitrogens with two attached hydrogens (primary N) is 1. The Morgan fingerprint density at radius 1 is 1.37 bits per heavy atom. The number of hydroxylamine groups is 1. The number of guanidine groups is 1. The summed E-state index contributed by atoms with van der Waals surface area (Å²) in [6.45, 7) is 0. The smallest absolute Gasteiger partial charge is 0.285 e. The first kappa shape index (κ1) is 14.0. The maximum Gasteiger partial charge on any atom is 0.285 e. The van der Waals surface area contributed by atoms with Crippen LogP contribution >= 0.6 is 0 Å². The largest absolute Gasteiger partial charge is 0.367 e. The van der Waals surface area contributed by atoms with E-state index in [-0.39, 0.29) is 5.56 Å². The van der Waals surface area contributed by atoms with Gasteiger partial charge in [0.1, 0.15) is 0 Å². The van der Waals surface area contributed by atoms with Crippen molar-refractivity contribution in [1.29, 1.82) is 0 Å². The molecule has 0 amide bonds. The van der Waals surface area contributed by atoms with E-state index in [4.69, 9.17) is 10.9 Å². The number of nitro groups is 2. The molecule has 1 aromatic carbocycles. The summed E-state index contributed by atoms with van der Waals surface area (Å²) in [5, 5.41) is 36.2. The molecule has 0 spiro atoms. The molecule has 0 aromatic heterocycles. The molecule has 1 rings (SSSR count). The van der Waals surface area contributed by atoms with Gasteiger partial charge in [-0.2, -0.15) is 5.10 Å². The number of non-ortho nitro benzene ring substituents is 1. The van der Waals surface area contributed by atoms with Crippen molar-refractivity contribution in [2.75, 3.05) is 0 Å². The summed E-state index contributed by atoms with van der Waals surface area (Å²) < 4.78 is 0. The summed E-state index contributed by atoms with van der Waals surface area (Å²) in [6.07, 6.45) is 0.978. The molecule has 0 aliphatic heterocycles. The fourth-order valence-electron chi connectivity index (χ4n) is 1.09. The van der Waals surface area contributed by atoms with Gasteiger partial charge in [0.15, 0.2) is 0 Å². The zero-order valence-electron chi connectivity index (χ0n) is 9.26. The van der Waals surface area contributed by atoms with Crippen LogP contribution in [0.5, 0.6) is 0 Å². The van der Waals surface area contributed by atoms with Crippen LogP contribution in [-0.2, 0) is 0 Å². The Bertz CT molecular complexity index is 569. The minimum atomic E-state index is -0.786. The number of nitrogens with zero attached hydrogens (tertiary/aromatic N) is 4. The molecule has 0 heterocycles. The van der Waals surface area contributed by atoms with Crippen LogP contribution in [0.2, 0.25) is 0 Å². The molecule has 19 heavy (non-hydrogen) atoms. The van der Waals surface area contributed by atoms with E-state index in [2.05, 4.69) is 10.2 Å². The van der Waals surface area contributed by atoms with Crippen molar-refractivity contribution >= 4 is 23.5 Å². The molecule has 11 heteroatoms. The second kappa shape index (κ2) is 6.02. The monoisotopic (exact) mass is 268 g/mol. The summed E-state index contributed by atoms with van der Waals surface area (Å²) in [5.41, 5.74) is 5.65. The summed E-state index contributed by atoms with van der Waals surface area (Å²) >= 11 is 0. The van der Waals surface area contributed by atoms with Crippen LogP contribution in [0.15, 0.2) is 28.4 Å². The Morgan fingerprint density at radius 3 is 2.58 bits per heavy atom. The molecule has 0 radical (unpaired) electrons. The number of benzene rings is 1. The van der Waals surface area contributed by atoms with Crippen molar-refractivity contribution in [3.63, 3.8) is 0 Å². The molecule has 0 bridgehead atoms. The molecule has 0 aliphatic carbocycles. The lowest BCUT2D eigenvalue weighted by Gasteiger charge is -1.97. The van der Waals surface area contributed by atoms with Crippen LogP contribution < -0.4 is 11.2 Å². The van der Waals surface area contributed by atoms with Crippen molar-refractivity contribution < 1.29 is 15.1 Å². The maximum atomic E-state index is 10.8. The summed E-state index contributed by atoms with van der Waals surface area (Å²) in [4.78, 5) is 19.7. The number of nitrogens with one attached hydrogen (secondary N) is 1. The van der Waals surface area contributed by atoms with Gasteiger partial charge < -0.3 is 5.73 Å². The third kappa shape index (κ3) is 3.71. The topological polar surface area (TPSA) is 169 Å². The average molecular weight is 268 g/mol. The van der Waals surface area contributed by atoms with E-state index in [9.17, 15) is 20.2 Å². The average Bonchev–Trinajstić information content (AvgIpc) is 2.38. The van der Waals surface area contributed by atoms with Crippen LogP contribution in [0.25, 0.3) is 0 Å². The fourth-order valence-corrected chi connectivity index (χ4v) is 1.09. The molecular formula is C8H8N6O5. The first-order valence-corrected chi connectivity index (χ1v) is 4.65. The van der Waals surface area contributed by atoms with Gasteiger partial charge in [-0.3, -0.25) is 25.4 Å². The molecule has 11 nitrogen and oxygen atoms in total. The number of rotatable bonds is 4. The molecule has 0 saturated heterocycles. The van der Waals surface area contributed by atoms with Gasteiger partial charge in [0.25, 0.3) is 11.4 Å². The lowest BCUT2D eigenvalue weighted by atomic mass is 10.2. The Balaban J connectivity index is 3.14. The van der Waals surface area contributed by atoms with Crippen molar-refractivity contribution in [2.45, 2.75) is 0 Å². The van der Waals surface area contributed by atoms with Gasteiger partial charge in [-0.1, -0.05) is 0 Å². The number of nitro benzene ring substituents is 2. The first-order chi connectivity index (χ1) is 8.95. The van der Waals surface area contributed by atoms with E-state index < -0.39 is 27.2 Å². The zero-order chi connectivity index (χ0) is 14.4. The highest BCUT2D eigenvalue weighted by molar-refractivity contribution is 5.86. The lowest BCUT2D eigenvalue weighted by molar-refractivity contribution is -0.394. The maximum absolute atomic E-state index is 10.8. The molecule has 100 valence electrons. The van der Waals surface area contributed by atoms with E-state index in [1.165, 1.54) is 5.48 Å². The molecule has 0 fully saturated rings. The summed E-state index contributed by atoms with van der Waals surface area (Å²) in [5.74, 6) is -0.416. The van der Waals surface area contributed by atoms with Crippen molar-refractivity contribution in [3.05, 3.63) is 44.0 Å². The van der Waals surface area contributed by atoms with E-state index in [0.717, 1.165) is 24.4 Å². The van der Waals surface area contributed by atoms with E-state index in [1.807, 2.05) is 0 Å². The van der Waals surface area contributed by atoms with Gasteiger partial charge in [0.05, 0.1) is 27.7 Å². The highest BCUT2D eigenvalue weighted by atomic mass is 16.6. The second-order valence-corrected chi connectivity index (χ2v) is 3.10. The van der Waals surface area contributed by atoms with Gasteiger partial charge in [0, 0.05) is 6.07 Å². The minimum absolute atomic E-state index is 0.00471. The van der Waals surface area contributed by atoms with E-state index in [1.54, 1.807) is 0 Å². The molecule has 0 unspecified atom stereocenters. The van der Waals surface area contributed by atoms with Gasteiger partial charge in [0.2, 0.25) is 5.96 Å². The molecule has 1 aromatic rings. The van der Waals surface area contributed by atoms with Gasteiger partial charge in [-0.15, -0.1) is 5.10 Å². The quantitative estimate of drug-likeness (QED) is 0.301. The van der Waals surface area contributed by atoms with Crippen LogP contribution in [0.3, 0.4) is 0 Å². The third-order valence-corrected chi connectivity index (χ3v) is 1.90. The molecule has 0 aliphatic rings. The number of hydrogen-bond donors (Lipinski definition) is 3. The zero-order valence-corrected chi connectivity index (χ0v) is 9.26. The SMILES string of the molecule is N/C(=N/N=C/c1ccc([N+](=O)[O-])cc1[N+](=O)[O-])NO. The van der Waals surface area contributed by atoms with E-state index in [0.29, 0.717) is 0 Å². The Morgan fingerprint density at radius 2 is 2.05 bits per heavy atom. The second-order valence-electron chi connectivity index (χ2n) is 3.10. The van der Waals surface area contributed by atoms with E-state index >= 15 is 0 Å². The highest BCUT2D eigenvalue weighted by Crippen LogP contribution is 2.23. The Kier molecular flexibility index (Phi) is 4.43. The Hall–Kier alpha value is -3.08. The van der Waals surface area contributed by atoms with Crippen LogP contribution in [-0.4, -0.2) is 27.2 Å². The van der Waals surface area contributed by atoms with Crippen molar-refractivity contribution in [1.82, 2.24) is 5.48 Å². The molecule has 0 atom stereocenters. The minimum Gasteiger partial charge on any atom is -0.367 e. The van der Waals surface area contributed by atoms with Crippen molar-refractivity contribution in [3.8, 4) is 0 Å². The number of hydrogen-bond acceptors (Lipinski definition) is 7. The fraction of sp³-hybridized carbons (Fsp3) is 0. The van der Waals surface area contributed by atoms with Gasteiger partial charge in [-0.05, 0) is 6.07 Å². The molecular weight excluding hydrogens is 260 g/mol. The lowest BCUT2D eigenvalue weighted by Crippen LogP contribution is -2.27. The predicted octanol–water partition coefficient (Wildman–Crippen LogP) is 0.130.